The monoisotopic (exact) mass is 126 g/mol. The van der Waals surface area contributed by atoms with Crippen molar-refractivity contribution >= 4 is 0 Å². The highest BCUT2D eigenvalue weighted by Gasteiger charge is 1.97. The molecular formula is C5H10N4. The molecule has 0 atom stereocenters. The zero-order valence-electron chi connectivity index (χ0n) is 5.70. The van der Waals surface area contributed by atoms with Gasteiger partial charge < -0.3 is 0 Å². The minimum atomic E-state index is 0.956. The molecule has 9 heavy (non-hydrogen) atoms. The summed E-state index contributed by atoms with van der Waals surface area (Å²) in [6.45, 7) is 2.11. The highest BCUT2D eigenvalue weighted by Crippen LogP contribution is 1.92. The Balaban J connectivity index is 2.69. The lowest BCUT2D eigenvalue weighted by Gasteiger charge is -1.91. The first-order valence-electron chi connectivity index (χ1n) is 3.06. The average molecular weight is 126 g/mol. The number of rotatable bonds is 2. The van der Waals surface area contributed by atoms with Crippen molar-refractivity contribution in [3.05, 3.63) is 5.82 Å². The second-order valence-electron chi connectivity index (χ2n) is 1.97. The molecule has 0 aliphatic carbocycles. The first kappa shape index (κ1) is 6.19. The van der Waals surface area contributed by atoms with Crippen LogP contribution in [-0.2, 0) is 13.5 Å². The van der Waals surface area contributed by atoms with Crippen molar-refractivity contribution in [3.63, 3.8) is 0 Å². The standard InChI is InChI=1S/C5H10N4/c1-3-4-5-6-7-8-9(5)2/h3-4H2,1-2H3. The summed E-state index contributed by atoms with van der Waals surface area (Å²) in [5.74, 6) is 0.956. The van der Waals surface area contributed by atoms with E-state index in [-0.39, 0.29) is 0 Å². The van der Waals surface area contributed by atoms with E-state index in [0.29, 0.717) is 0 Å². The van der Waals surface area contributed by atoms with Gasteiger partial charge in [0.15, 0.2) is 5.82 Å². The Bertz CT molecular complexity index is 181. The molecule has 0 amide bonds. The third kappa shape index (κ3) is 1.25. The molecule has 0 N–H and O–H groups in total. The van der Waals surface area contributed by atoms with Crippen LogP contribution < -0.4 is 0 Å². The van der Waals surface area contributed by atoms with Crippen LogP contribution in [0.5, 0.6) is 0 Å². The third-order valence-electron chi connectivity index (χ3n) is 1.18. The number of hydrogen-bond donors (Lipinski definition) is 0. The van der Waals surface area contributed by atoms with Crippen molar-refractivity contribution in [3.8, 4) is 0 Å². The fourth-order valence-corrected chi connectivity index (χ4v) is 0.683. The smallest absolute Gasteiger partial charge is 0.150 e. The Kier molecular flexibility index (Phi) is 1.77. The van der Waals surface area contributed by atoms with Crippen LogP contribution in [0.3, 0.4) is 0 Å². The van der Waals surface area contributed by atoms with Crippen molar-refractivity contribution in [1.82, 2.24) is 20.2 Å². The van der Waals surface area contributed by atoms with E-state index >= 15 is 0 Å². The summed E-state index contributed by atoms with van der Waals surface area (Å²) in [7, 11) is 1.85. The second-order valence-corrected chi connectivity index (χ2v) is 1.97. The summed E-state index contributed by atoms with van der Waals surface area (Å²) in [5, 5.41) is 11.0. The topological polar surface area (TPSA) is 43.6 Å². The molecule has 0 aromatic carbocycles. The SMILES string of the molecule is CCCc1nnnn1C. The van der Waals surface area contributed by atoms with Crippen LogP contribution in [0.4, 0.5) is 0 Å². The Morgan fingerprint density at radius 2 is 2.33 bits per heavy atom. The highest BCUT2D eigenvalue weighted by atomic mass is 15.5. The molecule has 1 rings (SSSR count). The molecule has 0 bridgehead atoms. The van der Waals surface area contributed by atoms with Crippen LogP contribution in [0.1, 0.15) is 19.2 Å². The number of aromatic nitrogens is 4. The fourth-order valence-electron chi connectivity index (χ4n) is 0.683. The van der Waals surface area contributed by atoms with Crippen LogP contribution in [-0.4, -0.2) is 20.2 Å². The fraction of sp³-hybridized carbons (Fsp3) is 0.800. The van der Waals surface area contributed by atoms with Crippen molar-refractivity contribution in [2.45, 2.75) is 19.8 Å². The van der Waals surface area contributed by atoms with Crippen molar-refractivity contribution in [1.29, 1.82) is 0 Å². The van der Waals surface area contributed by atoms with Gasteiger partial charge in [-0.05, 0) is 16.8 Å². The van der Waals surface area contributed by atoms with E-state index in [2.05, 4.69) is 22.4 Å². The third-order valence-corrected chi connectivity index (χ3v) is 1.18. The molecule has 0 unspecified atom stereocenters. The van der Waals surface area contributed by atoms with E-state index in [1.165, 1.54) is 0 Å². The molecule has 50 valence electrons. The van der Waals surface area contributed by atoms with Crippen LogP contribution in [0.25, 0.3) is 0 Å². The van der Waals surface area contributed by atoms with Gasteiger partial charge >= 0.3 is 0 Å². The lowest BCUT2D eigenvalue weighted by atomic mass is 10.3. The van der Waals surface area contributed by atoms with Crippen molar-refractivity contribution in [2.24, 2.45) is 7.05 Å². The van der Waals surface area contributed by atoms with Gasteiger partial charge in [-0.25, -0.2) is 4.68 Å². The van der Waals surface area contributed by atoms with E-state index in [1.807, 2.05) is 7.05 Å². The van der Waals surface area contributed by atoms with Gasteiger partial charge in [0.05, 0.1) is 0 Å². The molecule has 1 aromatic rings. The Hall–Kier alpha value is -0.930. The molecule has 0 spiro atoms. The van der Waals surface area contributed by atoms with Crippen LogP contribution in [0.15, 0.2) is 0 Å². The van der Waals surface area contributed by atoms with Gasteiger partial charge in [-0.2, -0.15) is 0 Å². The predicted octanol–water partition coefficient (Wildman–Crippen LogP) is 0.163. The van der Waals surface area contributed by atoms with Gasteiger partial charge in [0.1, 0.15) is 0 Å². The maximum atomic E-state index is 3.81. The summed E-state index contributed by atoms with van der Waals surface area (Å²) >= 11 is 0. The first-order chi connectivity index (χ1) is 4.34. The van der Waals surface area contributed by atoms with Crippen LogP contribution in [0, 0.1) is 0 Å². The first-order valence-corrected chi connectivity index (χ1v) is 3.06. The summed E-state index contributed by atoms with van der Waals surface area (Å²) < 4.78 is 1.70. The molecule has 0 radical (unpaired) electrons. The second kappa shape index (κ2) is 2.57. The minimum absolute atomic E-state index is 0.956. The van der Waals surface area contributed by atoms with Gasteiger partial charge in [-0.3, -0.25) is 0 Å². The van der Waals surface area contributed by atoms with E-state index in [0.717, 1.165) is 18.7 Å². The maximum Gasteiger partial charge on any atom is 0.150 e. The largest absolute Gasteiger partial charge is 0.233 e. The normalized spacial score (nSPS) is 10.0. The van der Waals surface area contributed by atoms with E-state index in [1.54, 1.807) is 4.68 Å². The molecule has 0 fully saturated rings. The maximum absolute atomic E-state index is 3.81. The van der Waals surface area contributed by atoms with Gasteiger partial charge in [0.25, 0.3) is 0 Å². The molecule has 0 aliphatic heterocycles. The number of tetrazole rings is 1. The zero-order valence-corrected chi connectivity index (χ0v) is 5.70. The molecule has 4 heteroatoms. The van der Waals surface area contributed by atoms with Gasteiger partial charge in [0.2, 0.25) is 0 Å². The molecular weight excluding hydrogens is 116 g/mol. The Morgan fingerprint density at radius 1 is 1.56 bits per heavy atom. The molecule has 0 saturated carbocycles. The van der Waals surface area contributed by atoms with Crippen LogP contribution >= 0.6 is 0 Å². The Morgan fingerprint density at radius 3 is 2.78 bits per heavy atom. The van der Waals surface area contributed by atoms with Crippen molar-refractivity contribution < 1.29 is 0 Å². The summed E-state index contributed by atoms with van der Waals surface area (Å²) in [5.41, 5.74) is 0. The molecule has 0 aliphatic rings. The van der Waals surface area contributed by atoms with E-state index in [4.69, 9.17) is 0 Å². The van der Waals surface area contributed by atoms with Crippen LogP contribution in [0.2, 0.25) is 0 Å². The molecule has 1 heterocycles. The van der Waals surface area contributed by atoms with E-state index in [9.17, 15) is 0 Å². The number of nitrogens with zero attached hydrogens (tertiary/aromatic N) is 4. The number of hydrogen-bond acceptors (Lipinski definition) is 3. The molecule has 1 aromatic heterocycles. The molecule has 4 nitrogen and oxygen atoms in total. The zero-order chi connectivity index (χ0) is 6.69. The van der Waals surface area contributed by atoms with E-state index < -0.39 is 0 Å². The minimum Gasteiger partial charge on any atom is -0.233 e. The van der Waals surface area contributed by atoms with Crippen molar-refractivity contribution in [2.75, 3.05) is 0 Å². The quantitative estimate of drug-likeness (QED) is 0.567. The van der Waals surface area contributed by atoms with Gasteiger partial charge in [-0.1, -0.05) is 6.92 Å². The summed E-state index contributed by atoms with van der Waals surface area (Å²) in [6, 6.07) is 0. The Labute approximate surface area is 53.9 Å². The average Bonchev–Trinajstić information content (AvgIpc) is 2.18. The molecule has 0 saturated heterocycles. The lowest BCUT2D eigenvalue weighted by molar-refractivity contribution is 0.668. The van der Waals surface area contributed by atoms with Gasteiger partial charge in [-0.15, -0.1) is 5.10 Å². The summed E-state index contributed by atoms with van der Waals surface area (Å²) in [6.07, 6.45) is 2.05. The predicted molar refractivity (Wildman–Crippen MR) is 32.8 cm³/mol. The van der Waals surface area contributed by atoms with Gasteiger partial charge in [0, 0.05) is 13.5 Å². The summed E-state index contributed by atoms with van der Waals surface area (Å²) in [4.78, 5) is 0. The highest BCUT2D eigenvalue weighted by molar-refractivity contribution is 4.77. The number of aryl methyl sites for hydroxylation is 2. The lowest BCUT2D eigenvalue weighted by Crippen LogP contribution is -1.98.